The first kappa shape index (κ1) is 12.1. The van der Waals surface area contributed by atoms with Gasteiger partial charge in [0, 0.05) is 12.4 Å². The topological polar surface area (TPSA) is 67.2 Å². The van der Waals surface area contributed by atoms with Gasteiger partial charge in [0.2, 0.25) is 0 Å². The molecule has 0 saturated carbocycles. The van der Waals surface area contributed by atoms with Crippen LogP contribution in [-0.4, -0.2) is 40.1 Å². The third kappa shape index (κ3) is 1.80. The molecule has 6 nitrogen and oxygen atoms in total. The van der Waals surface area contributed by atoms with E-state index in [4.69, 9.17) is 11.6 Å². The summed E-state index contributed by atoms with van der Waals surface area (Å²) in [7, 11) is 1.58. The number of rotatable bonds is 1. The average molecular weight is 279 g/mol. The zero-order valence-electron chi connectivity index (χ0n) is 10.1. The Hall–Kier alpha value is -1.92. The van der Waals surface area contributed by atoms with Gasteiger partial charge in [-0.3, -0.25) is 14.6 Å². The fourth-order valence-corrected chi connectivity index (χ4v) is 2.42. The van der Waals surface area contributed by atoms with E-state index in [9.17, 15) is 9.59 Å². The van der Waals surface area contributed by atoms with Gasteiger partial charge in [0.1, 0.15) is 0 Å². The van der Waals surface area contributed by atoms with Gasteiger partial charge in [-0.2, -0.15) is 5.10 Å². The van der Waals surface area contributed by atoms with Gasteiger partial charge in [-0.15, -0.1) is 0 Å². The zero-order chi connectivity index (χ0) is 13.6. The van der Waals surface area contributed by atoms with Gasteiger partial charge in [0.05, 0.1) is 12.1 Å². The third-order valence-electron chi connectivity index (χ3n) is 3.17. The molecule has 0 bridgehead atoms. The SMILES string of the molecule is CN1NCC(=O)C(n2nc(Cl)c3ccccc32)C1=O. The summed E-state index contributed by atoms with van der Waals surface area (Å²) in [4.78, 5) is 24.1. The Morgan fingerprint density at radius 2 is 2.11 bits per heavy atom. The van der Waals surface area contributed by atoms with E-state index >= 15 is 0 Å². The predicted molar refractivity (Wildman–Crippen MR) is 69.6 cm³/mol. The van der Waals surface area contributed by atoms with Crippen molar-refractivity contribution in [2.24, 2.45) is 0 Å². The lowest BCUT2D eigenvalue weighted by Gasteiger charge is -2.29. The van der Waals surface area contributed by atoms with Crippen LogP contribution in [0.2, 0.25) is 5.15 Å². The van der Waals surface area contributed by atoms with Crippen LogP contribution in [-0.2, 0) is 9.59 Å². The van der Waals surface area contributed by atoms with E-state index in [0.29, 0.717) is 5.52 Å². The highest BCUT2D eigenvalue weighted by atomic mass is 35.5. The summed E-state index contributed by atoms with van der Waals surface area (Å²) in [6.45, 7) is 0.0959. The number of hydrazine groups is 1. The van der Waals surface area contributed by atoms with Crippen LogP contribution in [0.1, 0.15) is 6.04 Å². The molecule has 1 atom stereocenters. The second-order valence-electron chi connectivity index (χ2n) is 4.35. The van der Waals surface area contributed by atoms with E-state index in [-0.39, 0.29) is 23.4 Å². The molecule has 2 heterocycles. The van der Waals surface area contributed by atoms with Gasteiger partial charge in [-0.1, -0.05) is 23.7 Å². The minimum atomic E-state index is -0.955. The number of amides is 1. The number of carbonyl (C=O) groups is 2. The molecule has 1 fully saturated rings. The summed E-state index contributed by atoms with van der Waals surface area (Å²) < 4.78 is 1.40. The number of carbonyl (C=O) groups excluding carboxylic acids is 2. The van der Waals surface area contributed by atoms with Crippen LogP contribution in [0.4, 0.5) is 0 Å². The maximum absolute atomic E-state index is 12.1. The number of aromatic nitrogens is 2. The van der Waals surface area contributed by atoms with Crippen molar-refractivity contribution in [3.8, 4) is 0 Å². The lowest BCUT2D eigenvalue weighted by atomic mass is 10.1. The molecule has 98 valence electrons. The van der Waals surface area contributed by atoms with Crippen LogP contribution in [0.3, 0.4) is 0 Å². The normalized spacial score (nSPS) is 20.3. The zero-order valence-corrected chi connectivity index (χ0v) is 10.9. The summed E-state index contributed by atoms with van der Waals surface area (Å²) in [6.07, 6.45) is 0. The number of para-hydroxylation sites is 1. The molecule has 1 aromatic carbocycles. The molecule has 1 amide bonds. The molecule has 1 aromatic heterocycles. The van der Waals surface area contributed by atoms with Crippen LogP contribution < -0.4 is 5.43 Å². The van der Waals surface area contributed by atoms with Gasteiger partial charge in [-0.25, -0.2) is 10.1 Å². The minimum Gasteiger partial charge on any atom is -0.295 e. The van der Waals surface area contributed by atoms with E-state index in [1.807, 2.05) is 12.1 Å². The lowest BCUT2D eigenvalue weighted by Crippen LogP contribution is -2.54. The molecule has 1 N–H and O–H groups in total. The van der Waals surface area contributed by atoms with Gasteiger partial charge in [-0.05, 0) is 12.1 Å². The van der Waals surface area contributed by atoms with E-state index in [2.05, 4.69) is 10.5 Å². The van der Waals surface area contributed by atoms with Crippen LogP contribution in [0, 0.1) is 0 Å². The summed E-state index contributed by atoms with van der Waals surface area (Å²) in [5.74, 6) is -0.575. The van der Waals surface area contributed by atoms with Crippen LogP contribution >= 0.6 is 11.6 Å². The number of nitrogens with zero attached hydrogens (tertiary/aromatic N) is 3. The molecule has 0 aliphatic carbocycles. The Labute approximate surface area is 113 Å². The van der Waals surface area contributed by atoms with Crippen LogP contribution in [0.25, 0.3) is 10.9 Å². The Morgan fingerprint density at radius 3 is 2.89 bits per heavy atom. The minimum absolute atomic E-state index is 0.0959. The molecule has 1 saturated heterocycles. The first-order valence-electron chi connectivity index (χ1n) is 5.76. The first-order chi connectivity index (χ1) is 9.09. The van der Waals surface area contributed by atoms with Crippen LogP contribution in [0.15, 0.2) is 24.3 Å². The molecular weight excluding hydrogens is 268 g/mol. The van der Waals surface area contributed by atoms with Crippen molar-refractivity contribution in [1.82, 2.24) is 20.2 Å². The number of halogens is 1. The molecule has 0 spiro atoms. The maximum atomic E-state index is 12.1. The molecule has 3 rings (SSSR count). The number of fused-ring (bicyclic) bond motifs is 1. The standard InChI is InChI=1S/C12H11ClN4O2/c1-16-12(19)10(9(18)6-14-16)17-8-5-3-2-4-7(8)11(13)15-17/h2-5,10,14H,6H2,1H3. The summed E-state index contributed by atoms with van der Waals surface area (Å²) in [6, 6.07) is 6.29. The smallest absolute Gasteiger partial charge is 0.269 e. The molecule has 1 aliphatic rings. The Bertz CT molecular complexity index is 681. The van der Waals surface area contributed by atoms with Crippen molar-refractivity contribution < 1.29 is 9.59 Å². The molecule has 1 aliphatic heterocycles. The number of Topliss-reactive ketones (excluding diaryl/α,β-unsaturated/α-hetero) is 1. The first-order valence-corrected chi connectivity index (χ1v) is 6.14. The highest BCUT2D eigenvalue weighted by molar-refractivity contribution is 6.34. The van der Waals surface area contributed by atoms with Crippen molar-refractivity contribution in [2.75, 3.05) is 13.6 Å². The molecule has 1 unspecified atom stereocenters. The van der Waals surface area contributed by atoms with Crippen molar-refractivity contribution in [2.45, 2.75) is 6.04 Å². The second-order valence-corrected chi connectivity index (χ2v) is 4.71. The largest absolute Gasteiger partial charge is 0.295 e. The van der Waals surface area contributed by atoms with Gasteiger partial charge >= 0.3 is 0 Å². The maximum Gasteiger partial charge on any atom is 0.269 e. The fraction of sp³-hybridized carbons (Fsp3) is 0.250. The monoisotopic (exact) mass is 278 g/mol. The van der Waals surface area contributed by atoms with Crippen molar-refractivity contribution in [3.05, 3.63) is 29.4 Å². The van der Waals surface area contributed by atoms with E-state index < -0.39 is 6.04 Å². The molecular formula is C12H11ClN4O2. The van der Waals surface area contributed by atoms with Gasteiger partial charge in [0.25, 0.3) is 5.91 Å². The lowest BCUT2D eigenvalue weighted by molar-refractivity contribution is -0.146. The van der Waals surface area contributed by atoms with Gasteiger partial charge in [0.15, 0.2) is 17.0 Å². The molecule has 2 aromatic rings. The number of likely N-dealkylation sites (N-methyl/N-ethyl adjacent to an activating group) is 1. The van der Waals surface area contributed by atoms with E-state index in [1.165, 1.54) is 9.69 Å². The third-order valence-corrected chi connectivity index (χ3v) is 3.45. The Morgan fingerprint density at radius 1 is 1.37 bits per heavy atom. The predicted octanol–water partition coefficient (Wildman–Crippen LogP) is 0.776. The Balaban J connectivity index is 2.18. The quantitative estimate of drug-likeness (QED) is 0.783. The second kappa shape index (κ2) is 4.32. The van der Waals surface area contributed by atoms with Gasteiger partial charge < -0.3 is 0 Å². The molecule has 19 heavy (non-hydrogen) atoms. The number of ketones is 1. The van der Waals surface area contributed by atoms with E-state index in [1.54, 1.807) is 19.2 Å². The average Bonchev–Trinajstić information content (AvgIpc) is 2.73. The molecule has 0 radical (unpaired) electrons. The van der Waals surface area contributed by atoms with E-state index in [0.717, 1.165) is 5.39 Å². The van der Waals surface area contributed by atoms with Crippen molar-refractivity contribution in [1.29, 1.82) is 0 Å². The number of hydrogen-bond acceptors (Lipinski definition) is 4. The molecule has 7 heteroatoms. The summed E-state index contributed by atoms with van der Waals surface area (Å²) in [5, 5.41) is 6.45. The highest BCUT2D eigenvalue weighted by Crippen LogP contribution is 2.26. The Kier molecular flexibility index (Phi) is 2.76. The van der Waals surface area contributed by atoms with Crippen LogP contribution in [0.5, 0.6) is 0 Å². The summed E-state index contributed by atoms with van der Waals surface area (Å²) in [5.41, 5.74) is 3.37. The number of nitrogens with one attached hydrogen (secondary N) is 1. The summed E-state index contributed by atoms with van der Waals surface area (Å²) >= 11 is 6.05. The fourth-order valence-electron chi connectivity index (χ4n) is 2.18. The van der Waals surface area contributed by atoms with Crippen molar-refractivity contribution >= 4 is 34.2 Å². The highest BCUT2D eigenvalue weighted by Gasteiger charge is 2.36. The number of benzene rings is 1. The van der Waals surface area contributed by atoms with Crippen molar-refractivity contribution in [3.63, 3.8) is 0 Å². The number of hydrogen-bond donors (Lipinski definition) is 1.